The Kier molecular flexibility index (Phi) is 2.98. The van der Waals surface area contributed by atoms with E-state index in [0.29, 0.717) is 0 Å². The summed E-state index contributed by atoms with van der Waals surface area (Å²) in [5.74, 6) is -5.22. The summed E-state index contributed by atoms with van der Waals surface area (Å²) in [5.41, 5.74) is -2.07. The van der Waals surface area contributed by atoms with Crippen molar-refractivity contribution in [3.63, 3.8) is 0 Å². The van der Waals surface area contributed by atoms with Gasteiger partial charge in [-0.1, -0.05) is 0 Å². The average Bonchev–Trinajstić information content (AvgIpc) is 1.97. The maximum absolute atomic E-state index is 12.8. The number of hydrogen-bond acceptors (Lipinski definition) is 0. The van der Waals surface area contributed by atoms with Gasteiger partial charge >= 0.3 is 6.18 Å². The SMILES string of the molecule is Fc1cc(F)c(C(F)(F)F)c(F)c1I. The molecule has 0 spiro atoms. The molecule has 0 aliphatic carbocycles. The van der Waals surface area contributed by atoms with Crippen molar-refractivity contribution in [2.75, 3.05) is 0 Å². The summed E-state index contributed by atoms with van der Waals surface area (Å²) in [6.45, 7) is 0. The lowest BCUT2D eigenvalue weighted by Gasteiger charge is -2.10. The number of hydrogen-bond donors (Lipinski definition) is 0. The van der Waals surface area contributed by atoms with Crippen molar-refractivity contribution < 1.29 is 26.3 Å². The summed E-state index contributed by atoms with van der Waals surface area (Å²) in [6.07, 6.45) is -5.16. The molecule has 0 fully saturated rings. The van der Waals surface area contributed by atoms with Gasteiger partial charge in [0, 0.05) is 6.07 Å². The normalized spacial score (nSPS) is 11.9. The lowest BCUT2D eigenvalue weighted by Crippen LogP contribution is -2.13. The number of halogens is 7. The van der Waals surface area contributed by atoms with Gasteiger partial charge in [-0.05, 0) is 22.6 Å². The van der Waals surface area contributed by atoms with Crippen LogP contribution < -0.4 is 0 Å². The van der Waals surface area contributed by atoms with Crippen LogP contribution in [0, 0.1) is 21.0 Å². The molecule has 0 bridgehead atoms. The first-order valence-electron chi connectivity index (χ1n) is 3.15. The number of rotatable bonds is 0. The van der Waals surface area contributed by atoms with E-state index in [1.807, 2.05) is 0 Å². The minimum atomic E-state index is -5.16. The van der Waals surface area contributed by atoms with E-state index in [9.17, 15) is 26.3 Å². The second kappa shape index (κ2) is 3.59. The maximum Gasteiger partial charge on any atom is 0.422 e. The molecule has 0 atom stereocenters. The van der Waals surface area contributed by atoms with Gasteiger partial charge in [0.1, 0.15) is 17.2 Å². The van der Waals surface area contributed by atoms with Crippen LogP contribution >= 0.6 is 22.6 Å². The summed E-state index contributed by atoms with van der Waals surface area (Å²) >= 11 is 1.03. The minimum Gasteiger partial charge on any atom is -0.206 e. The van der Waals surface area contributed by atoms with E-state index in [1.165, 1.54) is 0 Å². The quantitative estimate of drug-likeness (QED) is 0.295. The maximum atomic E-state index is 12.8. The molecule has 0 aliphatic rings. The Balaban J connectivity index is 3.53. The summed E-state index contributed by atoms with van der Waals surface area (Å²) in [4.78, 5) is 0. The van der Waals surface area contributed by atoms with E-state index in [0.717, 1.165) is 22.6 Å². The van der Waals surface area contributed by atoms with E-state index < -0.39 is 32.8 Å². The van der Waals surface area contributed by atoms with E-state index in [1.54, 1.807) is 0 Å². The largest absolute Gasteiger partial charge is 0.422 e. The minimum absolute atomic E-state index is 0.00762. The second-order valence-corrected chi connectivity index (χ2v) is 3.42. The lowest BCUT2D eigenvalue weighted by molar-refractivity contribution is -0.142. The van der Waals surface area contributed by atoms with Gasteiger partial charge in [-0.3, -0.25) is 0 Å². The van der Waals surface area contributed by atoms with Gasteiger partial charge in [-0.25, -0.2) is 13.2 Å². The lowest BCUT2D eigenvalue weighted by atomic mass is 10.2. The van der Waals surface area contributed by atoms with Crippen molar-refractivity contribution in [1.29, 1.82) is 0 Å². The molecule has 1 aromatic carbocycles. The highest BCUT2D eigenvalue weighted by atomic mass is 127. The first-order valence-corrected chi connectivity index (χ1v) is 4.23. The molecule has 0 nitrogen and oxygen atoms in total. The molecule has 0 aromatic heterocycles. The highest BCUT2D eigenvalue weighted by Gasteiger charge is 2.39. The molecule has 78 valence electrons. The highest BCUT2D eigenvalue weighted by molar-refractivity contribution is 14.1. The fourth-order valence-corrected chi connectivity index (χ4v) is 1.25. The fraction of sp³-hybridized carbons (Fsp3) is 0.143. The fourth-order valence-electron chi connectivity index (χ4n) is 0.826. The van der Waals surface area contributed by atoms with Gasteiger partial charge in [0.15, 0.2) is 5.82 Å². The van der Waals surface area contributed by atoms with Crippen LogP contribution in [0.4, 0.5) is 26.3 Å². The molecule has 7 heteroatoms. The van der Waals surface area contributed by atoms with Gasteiger partial charge in [-0.2, -0.15) is 13.2 Å². The zero-order valence-corrected chi connectivity index (χ0v) is 8.38. The summed E-state index contributed by atoms with van der Waals surface area (Å²) in [7, 11) is 0. The first kappa shape index (κ1) is 11.6. The van der Waals surface area contributed by atoms with Gasteiger partial charge in [0.2, 0.25) is 0 Å². The molecule has 0 saturated heterocycles. The molecule has 0 radical (unpaired) electrons. The van der Waals surface area contributed by atoms with Gasteiger partial charge < -0.3 is 0 Å². The summed E-state index contributed by atoms with van der Waals surface area (Å²) < 4.78 is 73.1. The number of alkyl halides is 3. The molecule has 0 N–H and O–H groups in total. The summed E-state index contributed by atoms with van der Waals surface area (Å²) in [5, 5.41) is 0. The van der Waals surface area contributed by atoms with Crippen LogP contribution in [0.3, 0.4) is 0 Å². The van der Waals surface area contributed by atoms with Crippen molar-refractivity contribution in [2.24, 2.45) is 0 Å². The molecule has 0 heterocycles. The van der Waals surface area contributed by atoms with Crippen LogP contribution in [0.5, 0.6) is 0 Å². The average molecular weight is 326 g/mol. The standard InChI is InChI=1S/C7HF6I/c8-2-1-3(9)6(14)5(10)4(2)7(11,12)13/h1H. The summed E-state index contributed by atoms with van der Waals surface area (Å²) in [6, 6.07) is 0.00762. The smallest absolute Gasteiger partial charge is 0.206 e. The van der Waals surface area contributed by atoms with Crippen molar-refractivity contribution in [1.82, 2.24) is 0 Å². The predicted octanol–water partition coefficient (Wildman–Crippen LogP) is 3.73. The van der Waals surface area contributed by atoms with E-state index in [2.05, 4.69) is 0 Å². The van der Waals surface area contributed by atoms with E-state index >= 15 is 0 Å². The van der Waals surface area contributed by atoms with Crippen molar-refractivity contribution >= 4 is 22.6 Å². The highest BCUT2D eigenvalue weighted by Crippen LogP contribution is 2.35. The zero-order valence-electron chi connectivity index (χ0n) is 6.22. The van der Waals surface area contributed by atoms with Gasteiger partial charge in [0.25, 0.3) is 0 Å². The van der Waals surface area contributed by atoms with E-state index in [-0.39, 0.29) is 6.07 Å². The predicted molar refractivity (Wildman–Crippen MR) is 44.0 cm³/mol. The second-order valence-electron chi connectivity index (χ2n) is 2.34. The molecule has 0 amide bonds. The molecule has 0 unspecified atom stereocenters. The van der Waals surface area contributed by atoms with Crippen LogP contribution in [0.1, 0.15) is 5.56 Å². The Morgan fingerprint density at radius 1 is 1.00 bits per heavy atom. The monoisotopic (exact) mass is 326 g/mol. The Morgan fingerprint density at radius 3 is 1.93 bits per heavy atom. The van der Waals surface area contributed by atoms with Crippen LogP contribution in [0.25, 0.3) is 0 Å². The zero-order chi connectivity index (χ0) is 11.1. The van der Waals surface area contributed by atoms with Crippen LogP contribution in [0.15, 0.2) is 6.07 Å². The third kappa shape index (κ3) is 1.96. The molecule has 1 aromatic rings. The topological polar surface area (TPSA) is 0 Å². The van der Waals surface area contributed by atoms with Gasteiger partial charge in [-0.15, -0.1) is 0 Å². The molecule has 1 rings (SSSR count). The van der Waals surface area contributed by atoms with Crippen molar-refractivity contribution in [3.05, 3.63) is 32.7 Å². The van der Waals surface area contributed by atoms with E-state index in [4.69, 9.17) is 0 Å². The molecular formula is C7HF6I. The number of benzene rings is 1. The Morgan fingerprint density at radius 2 is 1.50 bits per heavy atom. The third-order valence-corrected chi connectivity index (χ3v) is 2.39. The molecule has 0 aliphatic heterocycles. The Hall–Kier alpha value is -0.470. The third-order valence-electron chi connectivity index (χ3n) is 1.40. The van der Waals surface area contributed by atoms with Crippen LogP contribution in [0.2, 0.25) is 0 Å². The molecule has 0 saturated carbocycles. The molecular weight excluding hydrogens is 325 g/mol. The first-order chi connectivity index (χ1) is 6.25. The van der Waals surface area contributed by atoms with Gasteiger partial charge in [0.05, 0.1) is 3.57 Å². The van der Waals surface area contributed by atoms with Crippen LogP contribution in [-0.4, -0.2) is 0 Å². The molecule has 14 heavy (non-hydrogen) atoms. The van der Waals surface area contributed by atoms with Crippen LogP contribution in [-0.2, 0) is 6.18 Å². The Bertz CT molecular complexity index is 369. The Labute approximate surface area is 88.1 Å². The van der Waals surface area contributed by atoms with Crippen molar-refractivity contribution in [2.45, 2.75) is 6.18 Å². The van der Waals surface area contributed by atoms with Crippen molar-refractivity contribution in [3.8, 4) is 0 Å².